The maximum atomic E-state index is 12.0. The number of alkyl halides is 3. The largest absolute Gasteiger partial charge is 0.573 e. The minimum Gasteiger partial charge on any atom is -0.406 e. The molecule has 1 aromatic heterocycles. The molecule has 0 bridgehead atoms. The Morgan fingerprint density at radius 2 is 1.90 bits per heavy atom. The Morgan fingerprint density at radius 3 is 2.50 bits per heavy atom. The van der Waals surface area contributed by atoms with Crippen molar-refractivity contribution in [1.82, 2.24) is 9.55 Å². The molecule has 2 aromatic rings. The number of aromatic nitrogens is 2. The lowest BCUT2D eigenvalue weighted by Crippen LogP contribution is -2.17. The Kier molecular flexibility index (Phi) is 3.04. The van der Waals surface area contributed by atoms with Crippen LogP contribution in [0.5, 0.6) is 5.75 Å². The summed E-state index contributed by atoms with van der Waals surface area (Å²) in [5.74, 6) is 0.450. The van der Waals surface area contributed by atoms with Crippen LogP contribution in [0.15, 0.2) is 36.7 Å². The Bertz CT molecular complexity index is 588. The van der Waals surface area contributed by atoms with Gasteiger partial charge in [0.05, 0.1) is 0 Å². The SMILES string of the molecule is FC(F)(F)Oc1ccc(Nc2nccn2C2CC2)cc1. The van der Waals surface area contributed by atoms with Gasteiger partial charge < -0.3 is 14.6 Å². The lowest BCUT2D eigenvalue weighted by molar-refractivity contribution is -0.274. The van der Waals surface area contributed by atoms with Gasteiger partial charge >= 0.3 is 6.36 Å². The van der Waals surface area contributed by atoms with Gasteiger partial charge in [-0.3, -0.25) is 0 Å². The molecule has 1 saturated carbocycles. The molecule has 1 heterocycles. The molecule has 0 radical (unpaired) electrons. The monoisotopic (exact) mass is 283 g/mol. The van der Waals surface area contributed by atoms with E-state index < -0.39 is 6.36 Å². The zero-order valence-corrected chi connectivity index (χ0v) is 10.4. The summed E-state index contributed by atoms with van der Waals surface area (Å²) < 4.78 is 42.0. The van der Waals surface area contributed by atoms with Crippen LogP contribution in [0.25, 0.3) is 0 Å². The average molecular weight is 283 g/mol. The normalized spacial score (nSPS) is 15.2. The Labute approximate surface area is 113 Å². The summed E-state index contributed by atoms with van der Waals surface area (Å²) in [7, 11) is 0. The smallest absolute Gasteiger partial charge is 0.406 e. The topological polar surface area (TPSA) is 39.1 Å². The zero-order chi connectivity index (χ0) is 14.2. The fourth-order valence-electron chi connectivity index (χ4n) is 1.93. The molecule has 4 nitrogen and oxygen atoms in total. The van der Waals surface area contributed by atoms with Gasteiger partial charge in [0.25, 0.3) is 0 Å². The molecule has 1 fully saturated rings. The molecule has 0 amide bonds. The van der Waals surface area contributed by atoms with Crippen LogP contribution in [0.3, 0.4) is 0 Å². The zero-order valence-electron chi connectivity index (χ0n) is 10.4. The van der Waals surface area contributed by atoms with E-state index in [0.29, 0.717) is 17.7 Å². The van der Waals surface area contributed by atoms with E-state index in [1.807, 2.05) is 10.8 Å². The van der Waals surface area contributed by atoms with Crippen LogP contribution in [0.2, 0.25) is 0 Å². The summed E-state index contributed by atoms with van der Waals surface area (Å²) in [6.07, 6.45) is 1.17. The van der Waals surface area contributed by atoms with Crippen molar-refractivity contribution in [2.45, 2.75) is 25.2 Å². The van der Waals surface area contributed by atoms with Crippen LogP contribution in [0.1, 0.15) is 18.9 Å². The Morgan fingerprint density at radius 1 is 1.20 bits per heavy atom. The maximum absolute atomic E-state index is 12.0. The Balaban J connectivity index is 1.70. The molecular weight excluding hydrogens is 271 g/mol. The first-order valence-electron chi connectivity index (χ1n) is 6.17. The van der Waals surface area contributed by atoms with Crippen molar-refractivity contribution in [3.63, 3.8) is 0 Å². The average Bonchev–Trinajstić information content (AvgIpc) is 3.11. The van der Waals surface area contributed by atoms with E-state index in [0.717, 1.165) is 12.8 Å². The highest BCUT2D eigenvalue weighted by Crippen LogP contribution is 2.37. The van der Waals surface area contributed by atoms with Gasteiger partial charge in [0.1, 0.15) is 5.75 Å². The third-order valence-electron chi connectivity index (χ3n) is 2.95. The fraction of sp³-hybridized carbons (Fsp3) is 0.308. The van der Waals surface area contributed by atoms with Crippen molar-refractivity contribution in [2.75, 3.05) is 5.32 Å². The molecule has 0 aliphatic heterocycles. The van der Waals surface area contributed by atoms with Gasteiger partial charge in [-0.15, -0.1) is 13.2 Å². The van der Waals surface area contributed by atoms with Crippen molar-refractivity contribution in [2.24, 2.45) is 0 Å². The summed E-state index contributed by atoms with van der Waals surface area (Å²) >= 11 is 0. The van der Waals surface area contributed by atoms with E-state index >= 15 is 0 Å². The van der Waals surface area contributed by atoms with E-state index in [-0.39, 0.29) is 5.75 Å². The van der Waals surface area contributed by atoms with Crippen molar-refractivity contribution in [3.8, 4) is 5.75 Å². The van der Waals surface area contributed by atoms with Crippen molar-refractivity contribution in [1.29, 1.82) is 0 Å². The van der Waals surface area contributed by atoms with Crippen LogP contribution in [0.4, 0.5) is 24.8 Å². The van der Waals surface area contributed by atoms with Crippen LogP contribution in [-0.4, -0.2) is 15.9 Å². The fourth-order valence-corrected chi connectivity index (χ4v) is 1.93. The predicted octanol–water partition coefficient (Wildman–Crippen LogP) is 3.86. The molecule has 20 heavy (non-hydrogen) atoms. The van der Waals surface area contributed by atoms with Crippen molar-refractivity contribution in [3.05, 3.63) is 36.7 Å². The first kappa shape index (κ1) is 12.8. The van der Waals surface area contributed by atoms with Gasteiger partial charge in [0.15, 0.2) is 0 Å². The van der Waals surface area contributed by atoms with Gasteiger partial charge in [-0.1, -0.05) is 0 Å². The van der Waals surface area contributed by atoms with Crippen LogP contribution >= 0.6 is 0 Å². The van der Waals surface area contributed by atoms with E-state index in [9.17, 15) is 13.2 Å². The summed E-state index contributed by atoms with van der Waals surface area (Å²) in [5.41, 5.74) is 0.660. The number of halogens is 3. The molecule has 0 saturated heterocycles. The molecule has 0 spiro atoms. The lowest BCUT2D eigenvalue weighted by atomic mass is 10.3. The number of hydrogen-bond acceptors (Lipinski definition) is 3. The number of anilines is 2. The van der Waals surface area contributed by atoms with E-state index in [2.05, 4.69) is 15.0 Å². The van der Waals surface area contributed by atoms with Crippen LogP contribution in [0, 0.1) is 0 Å². The molecule has 106 valence electrons. The van der Waals surface area contributed by atoms with E-state index in [1.165, 1.54) is 24.3 Å². The predicted molar refractivity (Wildman–Crippen MR) is 66.9 cm³/mol. The van der Waals surface area contributed by atoms with Gasteiger partial charge in [0.2, 0.25) is 5.95 Å². The molecule has 1 N–H and O–H groups in total. The summed E-state index contributed by atoms with van der Waals surface area (Å²) in [6.45, 7) is 0. The number of ether oxygens (including phenoxy) is 1. The first-order chi connectivity index (χ1) is 9.51. The van der Waals surface area contributed by atoms with Crippen LogP contribution in [-0.2, 0) is 0 Å². The second-order valence-electron chi connectivity index (χ2n) is 4.59. The second-order valence-corrected chi connectivity index (χ2v) is 4.59. The molecule has 1 aromatic carbocycles. The number of nitrogens with zero attached hydrogens (tertiary/aromatic N) is 2. The quantitative estimate of drug-likeness (QED) is 0.926. The molecule has 1 aliphatic carbocycles. The minimum atomic E-state index is -4.67. The molecular formula is C13H12F3N3O. The third kappa shape index (κ3) is 3.04. The van der Waals surface area contributed by atoms with Gasteiger partial charge in [0, 0.05) is 24.1 Å². The number of rotatable bonds is 4. The summed E-state index contributed by atoms with van der Waals surface area (Å²) in [6, 6.07) is 6.05. The number of benzene rings is 1. The standard InChI is InChI=1S/C13H12F3N3O/c14-13(15,16)20-11-5-1-9(2-6-11)18-12-17-7-8-19(12)10-3-4-10/h1-2,5-8,10H,3-4H2,(H,17,18). The molecule has 1 aliphatic rings. The number of nitrogens with one attached hydrogen (secondary N) is 1. The highest BCUT2D eigenvalue weighted by Gasteiger charge is 2.31. The lowest BCUT2D eigenvalue weighted by Gasteiger charge is -2.11. The van der Waals surface area contributed by atoms with Crippen LogP contribution < -0.4 is 10.1 Å². The molecule has 7 heteroatoms. The van der Waals surface area contributed by atoms with E-state index in [1.54, 1.807) is 6.20 Å². The summed E-state index contributed by atoms with van der Waals surface area (Å²) in [5, 5.41) is 3.08. The van der Waals surface area contributed by atoms with Crippen molar-refractivity contribution < 1.29 is 17.9 Å². The van der Waals surface area contributed by atoms with E-state index in [4.69, 9.17) is 0 Å². The minimum absolute atomic E-state index is 0.242. The molecule has 0 unspecified atom stereocenters. The van der Waals surface area contributed by atoms with Gasteiger partial charge in [-0.05, 0) is 37.1 Å². The van der Waals surface area contributed by atoms with Gasteiger partial charge in [-0.25, -0.2) is 4.98 Å². The maximum Gasteiger partial charge on any atom is 0.573 e. The Hall–Kier alpha value is -2.18. The highest BCUT2D eigenvalue weighted by molar-refractivity contribution is 5.55. The first-order valence-corrected chi connectivity index (χ1v) is 6.17. The summed E-state index contributed by atoms with van der Waals surface area (Å²) in [4.78, 5) is 4.20. The number of imidazole rings is 1. The second kappa shape index (κ2) is 4.73. The van der Waals surface area contributed by atoms with Crippen molar-refractivity contribution >= 4 is 11.6 Å². The molecule has 0 atom stereocenters. The van der Waals surface area contributed by atoms with Gasteiger partial charge in [-0.2, -0.15) is 0 Å². The number of hydrogen-bond donors (Lipinski definition) is 1. The third-order valence-corrected chi connectivity index (χ3v) is 2.95. The molecule has 3 rings (SSSR count). The highest BCUT2D eigenvalue weighted by atomic mass is 19.4.